The highest BCUT2D eigenvalue weighted by Crippen LogP contribution is 2.28. The number of nitrogens with two attached hydrogens (primary N) is 1. The number of methoxy groups -OCH3 is 1. The Labute approximate surface area is 138 Å². The molecule has 0 aliphatic carbocycles. The van der Waals surface area contributed by atoms with Gasteiger partial charge in [-0.15, -0.1) is 24.8 Å². The van der Waals surface area contributed by atoms with E-state index in [4.69, 9.17) is 10.5 Å². The van der Waals surface area contributed by atoms with Crippen LogP contribution in [0.2, 0.25) is 0 Å². The van der Waals surface area contributed by atoms with Crippen LogP contribution in [0.4, 0.5) is 5.69 Å². The summed E-state index contributed by atoms with van der Waals surface area (Å²) in [6.45, 7) is 4.75. The Bertz CT molecular complexity index is 450. The van der Waals surface area contributed by atoms with Gasteiger partial charge in [-0.05, 0) is 19.1 Å². The molecule has 1 aromatic rings. The Kier molecular flexibility index (Phi) is 8.47. The van der Waals surface area contributed by atoms with Crippen molar-refractivity contribution in [2.75, 3.05) is 38.2 Å². The molecule has 120 valence electrons. The standard InChI is InChI=1S/C14H21N3O2.2ClH/c1-11(15)14(18)17-9-7-16(8-10-17)12-5-3-4-6-13(12)19-2;;/h3-6,11H,7-10,15H2,1-2H3;2*1H/t11-;;/m1../s1. The quantitative estimate of drug-likeness (QED) is 0.910. The molecule has 2 rings (SSSR count). The Balaban J connectivity index is 0.00000200. The van der Waals surface area contributed by atoms with E-state index >= 15 is 0 Å². The topological polar surface area (TPSA) is 58.8 Å². The maximum Gasteiger partial charge on any atom is 0.239 e. The molecule has 1 atom stereocenters. The number of ether oxygens (including phenoxy) is 1. The molecule has 0 unspecified atom stereocenters. The van der Waals surface area contributed by atoms with Gasteiger partial charge in [0.15, 0.2) is 0 Å². The number of carbonyl (C=O) groups excluding carboxylic acids is 1. The average molecular weight is 336 g/mol. The van der Waals surface area contributed by atoms with Gasteiger partial charge >= 0.3 is 0 Å². The van der Waals surface area contributed by atoms with E-state index in [0.717, 1.165) is 24.5 Å². The van der Waals surface area contributed by atoms with Crippen molar-refractivity contribution in [3.63, 3.8) is 0 Å². The first-order valence-electron chi connectivity index (χ1n) is 6.56. The van der Waals surface area contributed by atoms with Crippen LogP contribution in [0.1, 0.15) is 6.92 Å². The van der Waals surface area contributed by atoms with E-state index in [1.165, 1.54) is 0 Å². The summed E-state index contributed by atoms with van der Waals surface area (Å²) >= 11 is 0. The monoisotopic (exact) mass is 335 g/mol. The molecule has 0 aromatic heterocycles. The molecule has 7 heteroatoms. The highest BCUT2D eigenvalue weighted by atomic mass is 35.5. The van der Waals surface area contributed by atoms with Gasteiger partial charge in [0.05, 0.1) is 18.8 Å². The molecule has 1 amide bonds. The summed E-state index contributed by atoms with van der Waals surface area (Å²) in [5, 5.41) is 0. The van der Waals surface area contributed by atoms with Crippen LogP contribution in [0.15, 0.2) is 24.3 Å². The lowest BCUT2D eigenvalue weighted by Gasteiger charge is -2.37. The van der Waals surface area contributed by atoms with Crippen LogP contribution in [0.5, 0.6) is 5.75 Å². The number of hydrogen-bond donors (Lipinski definition) is 1. The van der Waals surface area contributed by atoms with E-state index in [0.29, 0.717) is 13.1 Å². The molecule has 0 radical (unpaired) electrons. The third-order valence-corrected chi connectivity index (χ3v) is 3.41. The minimum Gasteiger partial charge on any atom is -0.495 e. The minimum atomic E-state index is -0.419. The number of para-hydroxylation sites is 2. The van der Waals surface area contributed by atoms with Gasteiger partial charge in [-0.2, -0.15) is 0 Å². The minimum absolute atomic E-state index is 0. The van der Waals surface area contributed by atoms with E-state index in [2.05, 4.69) is 4.90 Å². The van der Waals surface area contributed by atoms with E-state index < -0.39 is 6.04 Å². The summed E-state index contributed by atoms with van der Waals surface area (Å²) in [5.41, 5.74) is 6.71. The Hall–Kier alpha value is -1.17. The maximum atomic E-state index is 11.8. The van der Waals surface area contributed by atoms with Gasteiger partial charge in [0, 0.05) is 26.2 Å². The van der Waals surface area contributed by atoms with Crippen LogP contribution in [0, 0.1) is 0 Å². The zero-order chi connectivity index (χ0) is 13.8. The van der Waals surface area contributed by atoms with Gasteiger partial charge in [0.25, 0.3) is 0 Å². The summed E-state index contributed by atoms with van der Waals surface area (Å²) in [7, 11) is 1.68. The van der Waals surface area contributed by atoms with Crippen molar-refractivity contribution in [3.05, 3.63) is 24.3 Å². The van der Waals surface area contributed by atoms with E-state index in [-0.39, 0.29) is 30.7 Å². The first kappa shape index (κ1) is 19.8. The Morgan fingerprint density at radius 1 is 1.19 bits per heavy atom. The number of anilines is 1. The molecule has 1 aromatic carbocycles. The van der Waals surface area contributed by atoms with Crippen LogP contribution < -0.4 is 15.4 Å². The third-order valence-electron chi connectivity index (χ3n) is 3.41. The van der Waals surface area contributed by atoms with Crippen molar-refractivity contribution in [1.29, 1.82) is 0 Å². The summed E-state index contributed by atoms with van der Waals surface area (Å²) in [6.07, 6.45) is 0. The second-order valence-electron chi connectivity index (χ2n) is 4.77. The van der Waals surface area contributed by atoms with Crippen molar-refractivity contribution < 1.29 is 9.53 Å². The van der Waals surface area contributed by atoms with Gasteiger partial charge in [-0.1, -0.05) is 12.1 Å². The Morgan fingerprint density at radius 2 is 1.76 bits per heavy atom. The van der Waals surface area contributed by atoms with E-state index in [1.807, 2.05) is 29.2 Å². The first-order valence-corrected chi connectivity index (χ1v) is 6.56. The zero-order valence-corrected chi connectivity index (χ0v) is 14.0. The number of benzene rings is 1. The lowest BCUT2D eigenvalue weighted by molar-refractivity contribution is -0.132. The van der Waals surface area contributed by atoms with Crippen molar-refractivity contribution in [3.8, 4) is 5.75 Å². The van der Waals surface area contributed by atoms with Gasteiger partial charge in [0.1, 0.15) is 5.75 Å². The molecular weight excluding hydrogens is 313 g/mol. The van der Waals surface area contributed by atoms with E-state index in [9.17, 15) is 4.79 Å². The molecule has 1 aliphatic rings. The van der Waals surface area contributed by atoms with Crippen molar-refractivity contribution in [2.45, 2.75) is 13.0 Å². The number of rotatable bonds is 3. The fourth-order valence-corrected chi connectivity index (χ4v) is 2.35. The number of nitrogens with zero attached hydrogens (tertiary/aromatic N) is 2. The number of hydrogen-bond acceptors (Lipinski definition) is 4. The zero-order valence-electron chi connectivity index (χ0n) is 12.3. The summed E-state index contributed by atoms with van der Waals surface area (Å²) < 4.78 is 5.37. The van der Waals surface area contributed by atoms with Gasteiger partial charge in [-0.25, -0.2) is 0 Å². The number of halogens is 2. The molecule has 1 saturated heterocycles. The van der Waals surface area contributed by atoms with Crippen LogP contribution >= 0.6 is 24.8 Å². The molecule has 0 bridgehead atoms. The van der Waals surface area contributed by atoms with E-state index in [1.54, 1.807) is 14.0 Å². The molecule has 1 heterocycles. The number of piperazine rings is 1. The lowest BCUT2D eigenvalue weighted by atomic mass is 10.2. The van der Waals surface area contributed by atoms with Crippen LogP contribution in [0.3, 0.4) is 0 Å². The molecule has 5 nitrogen and oxygen atoms in total. The smallest absolute Gasteiger partial charge is 0.239 e. The predicted octanol–water partition coefficient (Wildman–Crippen LogP) is 1.53. The fraction of sp³-hybridized carbons (Fsp3) is 0.500. The molecular formula is C14H23Cl2N3O2. The highest BCUT2D eigenvalue weighted by Gasteiger charge is 2.24. The molecule has 0 spiro atoms. The number of carbonyl (C=O) groups is 1. The largest absolute Gasteiger partial charge is 0.495 e. The van der Waals surface area contributed by atoms with Crippen LogP contribution in [0.25, 0.3) is 0 Å². The summed E-state index contributed by atoms with van der Waals surface area (Å²) in [4.78, 5) is 15.9. The van der Waals surface area contributed by atoms with Crippen molar-refractivity contribution in [1.82, 2.24) is 4.90 Å². The highest BCUT2D eigenvalue weighted by molar-refractivity contribution is 5.85. The number of amides is 1. The summed E-state index contributed by atoms with van der Waals surface area (Å²) in [5.74, 6) is 0.897. The van der Waals surface area contributed by atoms with Gasteiger partial charge in [0.2, 0.25) is 5.91 Å². The van der Waals surface area contributed by atoms with Crippen molar-refractivity contribution in [2.24, 2.45) is 5.73 Å². The summed E-state index contributed by atoms with van der Waals surface area (Å²) in [6, 6.07) is 7.53. The van der Waals surface area contributed by atoms with Gasteiger partial charge in [-0.3, -0.25) is 4.79 Å². The van der Waals surface area contributed by atoms with Gasteiger partial charge < -0.3 is 20.3 Å². The maximum absolute atomic E-state index is 11.8. The Morgan fingerprint density at radius 3 is 2.29 bits per heavy atom. The molecule has 0 saturated carbocycles. The normalized spacial score (nSPS) is 15.6. The predicted molar refractivity (Wildman–Crippen MR) is 89.9 cm³/mol. The SMILES string of the molecule is COc1ccccc1N1CCN(C(=O)[C@@H](C)N)CC1.Cl.Cl. The second kappa shape index (κ2) is 8.97. The molecule has 1 aliphatic heterocycles. The average Bonchev–Trinajstić information content (AvgIpc) is 2.46. The molecule has 1 fully saturated rings. The van der Waals surface area contributed by atoms with Crippen molar-refractivity contribution >= 4 is 36.4 Å². The molecule has 21 heavy (non-hydrogen) atoms. The lowest BCUT2D eigenvalue weighted by Crippen LogP contribution is -2.52. The third kappa shape index (κ3) is 4.66. The molecule has 2 N–H and O–H groups in total. The first-order chi connectivity index (χ1) is 9.13. The fourth-order valence-electron chi connectivity index (χ4n) is 2.35. The van der Waals surface area contributed by atoms with Crippen LogP contribution in [-0.2, 0) is 4.79 Å². The second-order valence-corrected chi connectivity index (χ2v) is 4.77. The van der Waals surface area contributed by atoms with Crippen LogP contribution in [-0.4, -0.2) is 50.1 Å².